The van der Waals surface area contributed by atoms with E-state index >= 15 is 0 Å². The van der Waals surface area contributed by atoms with E-state index in [2.05, 4.69) is 0 Å². The van der Waals surface area contributed by atoms with Crippen molar-refractivity contribution in [1.29, 1.82) is 0 Å². The summed E-state index contributed by atoms with van der Waals surface area (Å²) < 4.78 is 0. The van der Waals surface area contributed by atoms with E-state index in [1.54, 1.807) is 0 Å². The number of halogens is 1. The molecule has 0 amide bonds. The number of hydrogen-bond acceptors (Lipinski definition) is 2. The molecule has 0 radical (unpaired) electrons. The smallest absolute Gasteiger partial charge is 0.0619 e. The molecule has 102 valence electrons. The first kappa shape index (κ1) is 15.3. The molecule has 0 aromatic carbocycles. The molecule has 1 aliphatic carbocycles. The van der Waals surface area contributed by atoms with Gasteiger partial charge in [-0.15, -0.1) is 11.6 Å². The summed E-state index contributed by atoms with van der Waals surface area (Å²) in [6.07, 6.45) is 11.4. The van der Waals surface area contributed by atoms with Crippen LogP contribution in [0.15, 0.2) is 0 Å². The van der Waals surface area contributed by atoms with Crippen molar-refractivity contribution in [2.75, 3.05) is 6.61 Å². The molecule has 3 heteroatoms. The highest BCUT2D eigenvalue weighted by molar-refractivity contribution is 6.20. The summed E-state index contributed by atoms with van der Waals surface area (Å²) in [5.74, 6) is 0.0705. The van der Waals surface area contributed by atoms with Crippen molar-refractivity contribution >= 4 is 11.6 Å². The van der Waals surface area contributed by atoms with Gasteiger partial charge in [-0.1, -0.05) is 51.4 Å². The van der Waals surface area contributed by atoms with Gasteiger partial charge < -0.3 is 10.2 Å². The Bertz CT molecular complexity index is 187. The molecular formula is C14H27ClO2. The maximum Gasteiger partial charge on any atom is 0.0619 e. The number of alkyl halides is 1. The fraction of sp³-hybridized carbons (Fsp3) is 1.00. The Morgan fingerprint density at radius 3 is 1.88 bits per heavy atom. The van der Waals surface area contributed by atoms with E-state index in [4.69, 9.17) is 16.7 Å². The van der Waals surface area contributed by atoms with Crippen LogP contribution in [0.2, 0.25) is 0 Å². The first-order valence-corrected chi connectivity index (χ1v) is 7.62. The van der Waals surface area contributed by atoms with Crippen molar-refractivity contribution in [2.24, 2.45) is 5.92 Å². The SMILES string of the molecule is OC[C@@H](Cl)[C@H]1CCCCCCCCCC[C@H]1O. The normalized spacial score (nSPS) is 31.2. The average Bonchev–Trinajstić information content (AvgIpc) is 2.33. The second-order valence-corrected chi connectivity index (χ2v) is 5.90. The molecule has 0 bridgehead atoms. The molecule has 17 heavy (non-hydrogen) atoms. The van der Waals surface area contributed by atoms with Crippen LogP contribution in [0.1, 0.15) is 64.2 Å². The average molecular weight is 263 g/mol. The van der Waals surface area contributed by atoms with Crippen LogP contribution in [0.5, 0.6) is 0 Å². The zero-order valence-electron chi connectivity index (χ0n) is 10.8. The molecule has 0 aromatic heterocycles. The highest BCUT2D eigenvalue weighted by Gasteiger charge is 2.25. The standard InChI is InChI=1S/C14H27ClO2/c15-13(11-16)12-9-7-5-3-1-2-4-6-8-10-14(12)17/h12-14,16-17H,1-11H2/t12-,13-,14-/m1/s1. The van der Waals surface area contributed by atoms with Gasteiger partial charge in [0.15, 0.2) is 0 Å². The van der Waals surface area contributed by atoms with Crippen LogP contribution >= 0.6 is 11.6 Å². The molecule has 0 heterocycles. The highest BCUT2D eigenvalue weighted by atomic mass is 35.5. The number of aliphatic hydroxyl groups is 2. The Morgan fingerprint density at radius 1 is 0.882 bits per heavy atom. The molecule has 0 spiro atoms. The van der Waals surface area contributed by atoms with Gasteiger partial charge in [0, 0.05) is 5.92 Å². The minimum atomic E-state index is -0.330. The van der Waals surface area contributed by atoms with Gasteiger partial charge in [-0.25, -0.2) is 0 Å². The molecule has 0 saturated heterocycles. The van der Waals surface area contributed by atoms with Gasteiger partial charge in [-0.2, -0.15) is 0 Å². The Balaban J connectivity index is 2.45. The maximum atomic E-state index is 10.2. The van der Waals surface area contributed by atoms with Crippen LogP contribution in [0, 0.1) is 5.92 Å². The Kier molecular flexibility index (Phi) is 8.25. The van der Waals surface area contributed by atoms with Crippen LogP contribution in [-0.2, 0) is 0 Å². The summed E-state index contributed by atoms with van der Waals surface area (Å²) in [5, 5.41) is 19.0. The van der Waals surface area contributed by atoms with E-state index in [9.17, 15) is 5.11 Å². The molecular weight excluding hydrogens is 236 g/mol. The van der Waals surface area contributed by atoms with E-state index < -0.39 is 0 Å². The zero-order valence-corrected chi connectivity index (χ0v) is 11.5. The Morgan fingerprint density at radius 2 is 1.35 bits per heavy atom. The van der Waals surface area contributed by atoms with Gasteiger partial charge in [0.05, 0.1) is 18.1 Å². The van der Waals surface area contributed by atoms with Crippen molar-refractivity contribution in [2.45, 2.75) is 75.7 Å². The van der Waals surface area contributed by atoms with Gasteiger partial charge in [0.25, 0.3) is 0 Å². The van der Waals surface area contributed by atoms with Gasteiger partial charge in [-0.3, -0.25) is 0 Å². The summed E-state index contributed by atoms with van der Waals surface area (Å²) in [4.78, 5) is 0. The molecule has 2 nitrogen and oxygen atoms in total. The van der Waals surface area contributed by atoms with Crippen LogP contribution < -0.4 is 0 Å². The Labute approximate surface area is 110 Å². The zero-order chi connectivity index (χ0) is 12.5. The predicted molar refractivity (Wildman–Crippen MR) is 72.4 cm³/mol. The minimum absolute atomic E-state index is 0.0245. The Hall–Kier alpha value is 0.210. The molecule has 0 unspecified atom stereocenters. The number of aliphatic hydroxyl groups excluding tert-OH is 2. The van der Waals surface area contributed by atoms with E-state index in [-0.39, 0.29) is 24.0 Å². The lowest BCUT2D eigenvalue weighted by Gasteiger charge is -2.26. The van der Waals surface area contributed by atoms with E-state index in [0.717, 1.165) is 25.7 Å². The maximum absolute atomic E-state index is 10.2. The summed E-state index contributed by atoms with van der Waals surface area (Å²) >= 11 is 6.12. The second kappa shape index (κ2) is 9.18. The van der Waals surface area contributed by atoms with Crippen molar-refractivity contribution < 1.29 is 10.2 Å². The van der Waals surface area contributed by atoms with Crippen molar-refractivity contribution in [1.82, 2.24) is 0 Å². The lowest BCUT2D eigenvalue weighted by atomic mass is 9.88. The molecule has 0 aliphatic heterocycles. The summed E-state index contributed by atoms with van der Waals surface area (Å²) in [5.41, 5.74) is 0. The monoisotopic (exact) mass is 262 g/mol. The molecule has 1 fully saturated rings. The third kappa shape index (κ3) is 6.08. The van der Waals surface area contributed by atoms with Crippen molar-refractivity contribution in [3.8, 4) is 0 Å². The summed E-state index contributed by atoms with van der Waals surface area (Å²) in [7, 11) is 0. The van der Waals surface area contributed by atoms with Crippen molar-refractivity contribution in [3.63, 3.8) is 0 Å². The molecule has 0 aromatic rings. The predicted octanol–water partition coefficient (Wildman–Crippen LogP) is 3.48. The molecule has 1 rings (SSSR count). The first-order valence-electron chi connectivity index (χ1n) is 7.18. The number of hydrogen-bond donors (Lipinski definition) is 2. The van der Waals surface area contributed by atoms with Crippen molar-refractivity contribution in [3.05, 3.63) is 0 Å². The fourth-order valence-corrected chi connectivity index (χ4v) is 3.05. The van der Waals surface area contributed by atoms with Gasteiger partial charge >= 0.3 is 0 Å². The summed E-state index contributed by atoms with van der Waals surface area (Å²) in [6, 6.07) is 0. The lowest BCUT2D eigenvalue weighted by Crippen LogP contribution is -2.31. The lowest BCUT2D eigenvalue weighted by molar-refractivity contribution is 0.0753. The number of rotatable bonds is 2. The third-order valence-electron chi connectivity index (χ3n) is 3.92. The van der Waals surface area contributed by atoms with E-state index in [1.165, 1.54) is 38.5 Å². The highest BCUT2D eigenvalue weighted by Crippen LogP contribution is 2.26. The quantitative estimate of drug-likeness (QED) is 0.748. The van der Waals surface area contributed by atoms with E-state index in [1.807, 2.05) is 0 Å². The van der Waals surface area contributed by atoms with E-state index in [0.29, 0.717) is 0 Å². The fourth-order valence-electron chi connectivity index (χ4n) is 2.76. The summed E-state index contributed by atoms with van der Waals surface area (Å²) in [6.45, 7) is -0.0245. The minimum Gasteiger partial charge on any atom is -0.395 e. The van der Waals surface area contributed by atoms with Crippen LogP contribution in [0.4, 0.5) is 0 Å². The van der Waals surface area contributed by atoms with Gasteiger partial charge in [-0.05, 0) is 12.8 Å². The molecule has 1 saturated carbocycles. The molecule has 3 atom stereocenters. The molecule has 2 N–H and O–H groups in total. The van der Waals surface area contributed by atoms with Crippen LogP contribution in [-0.4, -0.2) is 28.3 Å². The third-order valence-corrected chi connectivity index (χ3v) is 4.38. The van der Waals surface area contributed by atoms with Gasteiger partial charge in [0.2, 0.25) is 0 Å². The first-order chi connectivity index (χ1) is 8.25. The largest absolute Gasteiger partial charge is 0.395 e. The van der Waals surface area contributed by atoms with Gasteiger partial charge in [0.1, 0.15) is 0 Å². The molecule has 1 aliphatic rings. The van der Waals surface area contributed by atoms with Crippen LogP contribution in [0.25, 0.3) is 0 Å². The second-order valence-electron chi connectivity index (χ2n) is 5.34. The van der Waals surface area contributed by atoms with Crippen LogP contribution in [0.3, 0.4) is 0 Å². The topological polar surface area (TPSA) is 40.5 Å².